The first-order chi connectivity index (χ1) is 19.7. The lowest BCUT2D eigenvalue weighted by atomic mass is 9.92. The number of hydrogen-bond acceptors (Lipinski definition) is 10. The van der Waals surface area contributed by atoms with Crippen LogP contribution in [-0.4, -0.2) is 75.2 Å². The lowest BCUT2D eigenvalue weighted by Crippen LogP contribution is -2.35. The van der Waals surface area contributed by atoms with E-state index in [0.29, 0.717) is 41.5 Å². The van der Waals surface area contributed by atoms with Gasteiger partial charge in [-0.3, -0.25) is 4.79 Å². The SMILES string of the molecule is CC(C)Cc1nc(-c2cnc(N3CCC(CCCOc4cc(F)c(C(=O)NC[C@@H](O)CO)c(F)c4)CC3)nc2)no1. The third-order valence-electron chi connectivity index (χ3n) is 6.82. The molecule has 1 fully saturated rings. The molecule has 11 nitrogen and oxygen atoms in total. The number of amides is 1. The molecule has 1 aliphatic heterocycles. The van der Waals surface area contributed by atoms with Gasteiger partial charge in [-0.2, -0.15) is 4.98 Å². The number of carbonyl (C=O) groups is 1. The molecule has 3 aromatic rings. The van der Waals surface area contributed by atoms with Gasteiger partial charge in [0.2, 0.25) is 17.7 Å². The van der Waals surface area contributed by atoms with Crippen LogP contribution in [-0.2, 0) is 6.42 Å². The number of anilines is 1. The molecule has 0 radical (unpaired) electrons. The van der Waals surface area contributed by atoms with Crippen molar-refractivity contribution in [2.75, 3.05) is 37.7 Å². The fraction of sp³-hybridized carbons (Fsp3) is 0.536. The molecule has 3 N–H and O–H groups in total. The summed E-state index contributed by atoms with van der Waals surface area (Å²) in [6.45, 7) is 5.19. The number of rotatable bonds is 13. The van der Waals surface area contributed by atoms with Gasteiger partial charge in [0.25, 0.3) is 5.91 Å². The van der Waals surface area contributed by atoms with E-state index in [9.17, 15) is 18.7 Å². The summed E-state index contributed by atoms with van der Waals surface area (Å²) in [7, 11) is 0. The van der Waals surface area contributed by atoms with E-state index < -0.39 is 35.8 Å². The van der Waals surface area contributed by atoms with Gasteiger partial charge in [0.1, 0.15) is 22.9 Å². The molecule has 2 aromatic heterocycles. The zero-order valence-electron chi connectivity index (χ0n) is 23.2. The predicted molar refractivity (Wildman–Crippen MR) is 145 cm³/mol. The van der Waals surface area contributed by atoms with Crippen LogP contribution in [0.2, 0.25) is 0 Å². The van der Waals surface area contributed by atoms with Crippen LogP contribution in [0.25, 0.3) is 11.4 Å². The molecule has 222 valence electrons. The molecule has 41 heavy (non-hydrogen) atoms. The number of ether oxygens (including phenoxy) is 1. The van der Waals surface area contributed by atoms with Gasteiger partial charge in [0.05, 0.1) is 24.9 Å². The topological polar surface area (TPSA) is 147 Å². The molecule has 1 amide bonds. The zero-order chi connectivity index (χ0) is 29.4. The van der Waals surface area contributed by atoms with Crippen LogP contribution < -0.4 is 15.0 Å². The number of benzene rings is 1. The van der Waals surface area contributed by atoms with Crippen LogP contribution in [0, 0.1) is 23.5 Å². The molecule has 1 atom stereocenters. The van der Waals surface area contributed by atoms with Crippen LogP contribution in [0.4, 0.5) is 14.7 Å². The van der Waals surface area contributed by atoms with Crippen molar-refractivity contribution in [3.8, 4) is 17.1 Å². The number of halogens is 2. The number of aliphatic hydroxyl groups excluding tert-OH is 2. The van der Waals surface area contributed by atoms with Crippen molar-refractivity contribution in [2.45, 2.75) is 52.1 Å². The molecule has 0 aliphatic carbocycles. The van der Waals surface area contributed by atoms with Gasteiger partial charge >= 0.3 is 0 Å². The van der Waals surface area contributed by atoms with Crippen molar-refractivity contribution in [3.63, 3.8) is 0 Å². The first-order valence-electron chi connectivity index (χ1n) is 13.8. The Labute approximate surface area is 237 Å². The summed E-state index contributed by atoms with van der Waals surface area (Å²) >= 11 is 0. The van der Waals surface area contributed by atoms with Crippen molar-refractivity contribution in [1.29, 1.82) is 0 Å². The van der Waals surface area contributed by atoms with E-state index in [0.717, 1.165) is 50.9 Å². The summed E-state index contributed by atoms with van der Waals surface area (Å²) < 4.78 is 39.6. The molecule has 0 spiro atoms. The summed E-state index contributed by atoms with van der Waals surface area (Å²) in [6, 6.07) is 1.93. The van der Waals surface area contributed by atoms with Crippen molar-refractivity contribution < 1.29 is 33.0 Å². The normalized spacial score (nSPS) is 14.9. The van der Waals surface area contributed by atoms with Crippen molar-refractivity contribution in [3.05, 3.63) is 47.6 Å². The Hall–Kier alpha value is -3.71. The first-order valence-corrected chi connectivity index (χ1v) is 13.8. The summed E-state index contributed by atoms with van der Waals surface area (Å²) in [4.78, 5) is 27.6. The Morgan fingerprint density at radius 2 is 1.88 bits per heavy atom. The second-order valence-corrected chi connectivity index (χ2v) is 10.6. The lowest BCUT2D eigenvalue weighted by Gasteiger charge is -2.32. The molecule has 1 saturated heterocycles. The van der Waals surface area contributed by atoms with Crippen LogP contribution in [0.3, 0.4) is 0 Å². The van der Waals surface area contributed by atoms with Crippen LogP contribution in [0.15, 0.2) is 29.0 Å². The minimum Gasteiger partial charge on any atom is -0.493 e. The van der Waals surface area contributed by atoms with Gasteiger partial charge < -0.3 is 29.7 Å². The number of nitrogens with zero attached hydrogens (tertiary/aromatic N) is 5. The van der Waals surface area contributed by atoms with Crippen LogP contribution in [0.5, 0.6) is 5.75 Å². The quantitative estimate of drug-likeness (QED) is 0.260. The Morgan fingerprint density at radius 3 is 2.51 bits per heavy atom. The Bertz CT molecular complexity index is 1260. The van der Waals surface area contributed by atoms with Gasteiger partial charge in [-0.05, 0) is 37.5 Å². The van der Waals surface area contributed by atoms with Crippen LogP contribution in [0.1, 0.15) is 55.8 Å². The average Bonchev–Trinajstić information content (AvgIpc) is 3.42. The van der Waals surface area contributed by atoms with E-state index in [1.807, 2.05) is 0 Å². The molecule has 0 saturated carbocycles. The fourth-order valence-corrected chi connectivity index (χ4v) is 4.60. The third kappa shape index (κ3) is 8.40. The highest BCUT2D eigenvalue weighted by molar-refractivity contribution is 5.94. The monoisotopic (exact) mass is 574 g/mol. The zero-order valence-corrected chi connectivity index (χ0v) is 23.2. The standard InChI is InChI=1S/C28H36F2N6O5/c1-17(2)10-24-34-26(35-41-24)19-13-32-28(33-14-19)36-7-5-18(6-8-36)4-3-9-40-21-11-22(29)25(23(30)12-21)27(39)31-15-20(38)16-37/h11-14,17-18,20,37-38H,3-10,15-16H2,1-2H3,(H,31,39)/t20-/m1/s1. The maximum atomic E-state index is 14.4. The number of nitrogens with one attached hydrogen (secondary N) is 1. The summed E-state index contributed by atoms with van der Waals surface area (Å²) in [6.07, 6.45) is 6.47. The Kier molecular flexibility index (Phi) is 10.5. The second-order valence-electron chi connectivity index (χ2n) is 10.6. The molecule has 1 aliphatic rings. The summed E-state index contributed by atoms with van der Waals surface area (Å²) in [5.41, 5.74) is -0.0589. The first kappa shape index (κ1) is 30.3. The van der Waals surface area contributed by atoms with E-state index in [2.05, 4.69) is 44.2 Å². The molecule has 3 heterocycles. The third-order valence-corrected chi connectivity index (χ3v) is 6.82. The number of hydrogen-bond donors (Lipinski definition) is 3. The van der Waals surface area contributed by atoms with Gasteiger partial charge in [0.15, 0.2) is 0 Å². The van der Waals surface area contributed by atoms with E-state index in [1.54, 1.807) is 12.4 Å². The average molecular weight is 575 g/mol. The molecular formula is C28H36F2N6O5. The number of carbonyl (C=O) groups excluding carboxylic acids is 1. The van der Waals surface area contributed by atoms with Crippen molar-refractivity contribution in [2.24, 2.45) is 11.8 Å². The highest BCUT2D eigenvalue weighted by atomic mass is 19.1. The molecule has 1 aromatic carbocycles. The minimum absolute atomic E-state index is 0.000626. The Balaban J connectivity index is 1.18. The highest BCUT2D eigenvalue weighted by Crippen LogP contribution is 2.26. The highest BCUT2D eigenvalue weighted by Gasteiger charge is 2.22. The fourth-order valence-electron chi connectivity index (χ4n) is 4.60. The molecular weight excluding hydrogens is 538 g/mol. The van der Waals surface area contributed by atoms with E-state index >= 15 is 0 Å². The summed E-state index contributed by atoms with van der Waals surface area (Å²) in [5, 5.41) is 24.3. The van der Waals surface area contributed by atoms with Crippen molar-refractivity contribution >= 4 is 11.9 Å². The van der Waals surface area contributed by atoms with E-state index in [-0.39, 0.29) is 18.9 Å². The number of aromatic nitrogens is 4. The molecule has 0 unspecified atom stereocenters. The van der Waals surface area contributed by atoms with Gasteiger partial charge in [-0.1, -0.05) is 19.0 Å². The maximum Gasteiger partial charge on any atom is 0.257 e. The summed E-state index contributed by atoms with van der Waals surface area (Å²) in [5.74, 6) is -0.496. The van der Waals surface area contributed by atoms with E-state index in [4.69, 9.17) is 14.4 Å². The maximum absolute atomic E-state index is 14.4. The number of aliphatic hydroxyl groups is 2. The molecule has 4 rings (SSSR count). The minimum atomic E-state index is -1.22. The lowest BCUT2D eigenvalue weighted by molar-refractivity contribution is 0.0796. The molecule has 13 heteroatoms. The Morgan fingerprint density at radius 1 is 1.20 bits per heavy atom. The van der Waals surface area contributed by atoms with E-state index in [1.165, 1.54) is 0 Å². The largest absolute Gasteiger partial charge is 0.493 e. The van der Waals surface area contributed by atoms with Crippen molar-refractivity contribution in [1.82, 2.24) is 25.4 Å². The number of piperidine rings is 1. The van der Waals surface area contributed by atoms with Gasteiger partial charge in [0, 0.05) is 50.6 Å². The van der Waals surface area contributed by atoms with Crippen LogP contribution >= 0.6 is 0 Å². The predicted octanol–water partition coefficient (Wildman–Crippen LogP) is 3.16. The molecule has 0 bridgehead atoms. The smallest absolute Gasteiger partial charge is 0.257 e. The van der Waals surface area contributed by atoms with Gasteiger partial charge in [-0.15, -0.1) is 0 Å². The second kappa shape index (κ2) is 14.3. The van der Waals surface area contributed by atoms with Gasteiger partial charge in [-0.25, -0.2) is 18.7 Å².